The van der Waals surface area contributed by atoms with Crippen LogP contribution in [-0.4, -0.2) is 11.5 Å². The second kappa shape index (κ2) is 6.03. The predicted octanol–water partition coefficient (Wildman–Crippen LogP) is 4.38. The van der Waals surface area contributed by atoms with E-state index in [2.05, 4.69) is 64.5 Å². The van der Waals surface area contributed by atoms with Crippen molar-refractivity contribution < 1.29 is 4.42 Å². The molecule has 4 heteroatoms. The Bertz CT molecular complexity index is 986. The molecule has 2 atom stereocenters. The van der Waals surface area contributed by atoms with E-state index in [1.807, 2.05) is 6.07 Å². The van der Waals surface area contributed by atoms with Crippen LogP contribution in [0, 0.1) is 11.3 Å². The molecule has 0 saturated heterocycles. The van der Waals surface area contributed by atoms with Crippen molar-refractivity contribution >= 4 is 5.88 Å². The topological polar surface area (TPSA) is 53.1 Å². The Balaban J connectivity index is 1.41. The van der Waals surface area contributed by atoms with Crippen LogP contribution in [0.4, 0.5) is 5.88 Å². The molecule has 0 radical (unpaired) electrons. The lowest BCUT2D eigenvalue weighted by molar-refractivity contribution is 0.479. The van der Waals surface area contributed by atoms with Gasteiger partial charge < -0.3 is 9.32 Å². The molecule has 0 bridgehead atoms. The number of hydrogen-bond acceptors (Lipinski definition) is 4. The van der Waals surface area contributed by atoms with Gasteiger partial charge in [-0.3, -0.25) is 0 Å². The van der Waals surface area contributed by atoms with Crippen molar-refractivity contribution in [1.82, 2.24) is 4.98 Å². The summed E-state index contributed by atoms with van der Waals surface area (Å²) in [6.07, 6.45) is 2.00. The normalized spacial score (nSPS) is 21.1. The molecule has 1 saturated carbocycles. The minimum absolute atomic E-state index is 0.287. The van der Waals surface area contributed by atoms with E-state index >= 15 is 0 Å². The van der Waals surface area contributed by atoms with Crippen molar-refractivity contribution in [3.63, 3.8) is 0 Å². The number of nitrogens with zero attached hydrogens (tertiary/aromatic N) is 3. The highest BCUT2D eigenvalue weighted by atomic mass is 16.4. The van der Waals surface area contributed by atoms with Crippen LogP contribution < -0.4 is 4.90 Å². The van der Waals surface area contributed by atoms with Gasteiger partial charge in [-0.05, 0) is 35.4 Å². The molecule has 1 aliphatic heterocycles. The molecule has 0 unspecified atom stereocenters. The Hall–Kier alpha value is -3.06. The highest BCUT2D eigenvalue weighted by molar-refractivity contribution is 5.51. The van der Waals surface area contributed by atoms with Gasteiger partial charge in [-0.1, -0.05) is 54.6 Å². The summed E-state index contributed by atoms with van der Waals surface area (Å²) in [6, 6.07) is 21.2. The van der Waals surface area contributed by atoms with Crippen LogP contribution in [0.5, 0.6) is 0 Å². The first-order valence-corrected chi connectivity index (χ1v) is 9.11. The van der Waals surface area contributed by atoms with Gasteiger partial charge in [0.1, 0.15) is 6.07 Å². The number of hydrogen-bond donors (Lipinski definition) is 0. The van der Waals surface area contributed by atoms with Crippen molar-refractivity contribution in [3.8, 4) is 6.07 Å². The van der Waals surface area contributed by atoms with Gasteiger partial charge in [0.05, 0.1) is 0 Å². The van der Waals surface area contributed by atoms with Gasteiger partial charge in [-0.25, -0.2) is 4.98 Å². The monoisotopic (exact) mass is 341 g/mol. The molecule has 2 heterocycles. The van der Waals surface area contributed by atoms with Crippen LogP contribution in [0.3, 0.4) is 0 Å². The summed E-state index contributed by atoms with van der Waals surface area (Å²) in [5.74, 6) is 2.09. The number of fused-ring (bicyclic) bond motifs is 1. The molecule has 0 amide bonds. The van der Waals surface area contributed by atoms with Crippen LogP contribution in [0.25, 0.3) is 0 Å². The van der Waals surface area contributed by atoms with Gasteiger partial charge in [-0.15, -0.1) is 0 Å². The quantitative estimate of drug-likeness (QED) is 0.709. The number of oxazole rings is 1. The summed E-state index contributed by atoms with van der Waals surface area (Å²) in [7, 11) is 0. The first-order valence-electron chi connectivity index (χ1n) is 9.11. The zero-order chi connectivity index (χ0) is 17.5. The highest BCUT2D eigenvalue weighted by Gasteiger charge is 2.44. The second-order valence-electron chi connectivity index (χ2n) is 7.12. The first kappa shape index (κ1) is 15.2. The van der Waals surface area contributed by atoms with Crippen LogP contribution in [0.1, 0.15) is 46.5 Å². The molecule has 4 nitrogen and oxygen atoms in total. The zero-order valence-electron chi connectivity index (χ0n) is 14.4. The fraction of sp³-hybridized carbons (Fsp3) is 0.273. The maximum Gasteiger partial charge on any atom is 0.235 e. The number of nitriles is 1. The summed E-state index contributed by atoms with van der Waals surface area (Å²) in [5, 5.41) is 9.54. The fourth-order valence-corrected chi connectivity index (χ4v) is 3.98. The smallest absolute Gasteiger partial charge is 0.235 e. The Morgan fingerprint density at radius 2 is 1.77 bits per heavy atom. The maximum absolute atomic E-state index is 9.54. The summed E-state index contributed by atoms with van der Waals surface area (Å²) in [4.78, 5) is 6.68. The maximum atomic E-state index is 9.54. The Morgan fingerprint density at radius 1 is 1.00 bits per heavy atom. The Labute approximate surface area is 152 Å². The lowest BCUT2D eigenvalue weighted by Gasteiger charge is -2.28. The molecule has 1 aromatic heterocycles. The lowest BCUT2D eigenvalue weighted by atomic mass is 10.00. The van der Waals surface area contributed by atoms with E-state index in [9.17, 15) is 5.26 Å². The molecule has 1 aliphatic carbocycles. The van der Waals surface area contributed by atoms with Gasteiger partial charge in [-0.2, -0.15) is 5.26 Å². The Morgan fingerprint density at radius 3 is 2.58 bits per heavy atom. The molecule has 0 N–H and O–H groups in total. The predicted molar refractivity (Wildman–Crippen MR) is 99.0 cm³/mol. The molecule has 1 fully saturated rings. The van der Waals surface area contributed by atoms with E-state index in [1.54, 1.807) is 0 Å². The van der Waals surface area contributed by atoms with Crippen LogP contribution >= 0.6 is 0 Å². The molecule has 0 spiro atoms. The molecule has 3 aromatic rings. The summed E-state index contributed by atoms with van der Waals surface area (Å²) in [6.45, 7) is 1.62. The summed E-state index contributed by atoms with van der Waals surface area (Å²) >= 11 is 0. The third-order valence-electron chi connectivity index (χ3n) is 5.48. The minimum Gasteiger partial charge on any atom is -0.423 e. The van der Waals surface area contributed by atoms with E-state index in [-0.39, 0.29) is 5.92 Å². The van der Waals surface area contributed by atoms with Crippen molar-refractivity contribution in [2.75, 3.05) is 11.4 Å². The molecule has 5 rings (SSSR count). The Kier molecular flexibility index (Phi) is 3.53. The van der Waals surface area contributed by atoms with Crippen molar-refractivity contribution in [3.05, 3.63) is 82.9 Å². The van der Waals surface area contributed by atoms with Crippen LogP contribution in [0.2, 0.25) is 0 Å². The lowest BCUT2D eigenvalue weighted by Crippen LogP contribution is -2.30. The molecule has 2 aliphatic rings. The van der Waals surface area contributed by atoms with Crippen molar-refractivity contribution in [1.29, 1.82) is 5.26 Å². The van der Waals surface area contributed by atoms with E-state index in [0.29, 0.717) is 23.4 Å². The van der Waals surface area contributed by atoms with Crippen LogP contribution in [0.15, 0.2) is 59.0 Å². The van der Waals surface area contributed by atoms with Crippen LogP contribution in [-0.2, 0) is 13.0 Å². The average Bonchev–Trinajstić information content (AvgIpc) is 3.39. The number of rotatable bonds is 3. The molecular weight excluding hydrogens is 322 g/mol. The molecule has 128 valence electrons. The third kappa shape index (κ3) is 2.57. The van der Waals surface area contributed by atoms with E-state index in [4.69, 9.17) is 4.42 Å². The first-order chi connectivity index (χ1) is 12.8. The summed E-state index contributed by atoms with van der Waals surface area (Å²) in [5.41, 5.74) is 4.42. The minimum atomic E-state index is 0.287. The molecule has 2 aromatic carbocycles. The van der Waals surface area contributed by atoms with Gasteiger partial charge in [0.15, 0.2) is 0 Å². The summed E-state index contributed by atoms with van der Waals surface area (Å²) < 4.78 is 6.13. The number of benzene rings is 2. The van der Waals surface area contributed by atoms with E-state index in [1.165, 1.54) is 16.7 Å². The highest BCUT2D eigenvalue weighted by Crippen LogP contribution is 2.54. The third-order valence-corrected chi connectivity index (χ3v) is 5.48. The number of aromatic nitrogens is 1. The second-order valence-corrected chi connectivity index (χ2v) is 7.12. The van der Waals surface area contributed by atoms with Crippen molar-refractivity contribution in [2.45, 2.75) is 31.2 Å². The fourth-order valence-electron chi connectivity index (χ4n) is 3.98. The zero-order valence-corrected chi connectivity index (χ0v) is 14.4. The van der Waals surface area contributed by atoms with Gasteiger partial charge in [0, 0.05) is 19.0 Å². The standard InChI is InChI=1S/C22H19N3O/c23-13-20-22(25-11-10-15-6-4-5-9-17(15)14-25)26-21(24-20)19-12-18(19)16-7-2-1-3-8-16/h1-9,18-19H,10-12,14H2/t18-,19+/m1/s1. The SMILES string of the molecule is N#Cc1nc([C@H]2C[C@@H]2c2ccccc2)oc1N1CCc2ccccc2C1. The van der Waals surface area contributed by atoms with Gasteiger partial charge in [0.2, 0.25) is 17.5 Å². The van der Waals surface area contributed by atoms with Crippen molar-refractivity contribution in [2.24, 2.45) is 0 Å². The van der Waals surface area contributed by atoms with Gasteiger partial charge in [0.25, 0.3) is 0 Å². The van der Waals surface area contributed by atoms with Gasteiger partial charge >= 0.3 is 0 Å². The largest absolute Gasteiger partial charge is 0.423 e. The average molecular weight is 341 g/mol. The van der Waals surface area contributed by atoms with E-state index in [0.717, 1.165) is 25.9 Å². The molecular formula is C22H19N3O. The number of anilines is 1. The molecule has 26 heavy (non-hydrogen) atoms. The van der Waals surface area contributed by atoms with E-state index < -0.39 is 0 Å².